The number of piperazine rings is 1. The lowest BCUT2D eigenvalue weighted by Gasteiger charge is -2.36. The maximum atomic E-state index is 12.5. The topological polar surface area (TPSA) is 78.7 Å². The van der Waals surface area contributed by atoms with Gasteiger partial charge in [-0.3, -0.25) is 14.9 Å². The molecule has 2 aromatic carbocycles. The highest BCUT2D eigenvalue weighted by Gasteiger charge is 2.20. The van der Waals surface area contributed by atoms with Crippen LogP contribution >= 0.6 is 0 Å². The number of hydrogen-bond donors (Lipinski definition) is 1. The van der Waals surface area contributed by atoms with Crippen molar-refractivity contribution in [2.45, 2.75) is 13.3 Å². The van der Waals surface area contributed by atoms with Gasteiger partial charge in [0.25, 0.3) is 5.69 Å². The lowest BCUT2D eigenvalue weighted by Crippen LogP contribution is -2.46. The van der Waals surface area contributed by atoms with Gasteiger partial charge in [-0.2, -0.15) is 0 Å². The first kappa shape index (κ1) is 18.8. The number of hydrogen-bond acceptors (Lipinski definition) is 5. The molecule has 27 heavy (non-hydrogen) atoms. The average Bonchev–Trinajstić information content (AvgIpc) is 2.69. The van der Waals surface area contributed by atoms with Crippen LogP contribution in [-0.4, -0.2) is 48.5 Å². The Hall–Kier alpha value is -2.93. The van der Waals surface area contributed by atoms with Crippen molar-refractivity contribution >= 4 is 23.0 Å². The standard InChI is InChI=1S/C20H24N4O3/c1-2-22-11-13-23(14-12-22)19-10-6-4-8-17(19)21-20(25)15-16-7-3-5-9-18(16)24(26)27/h3-10H,2,11-15H2,1H3,(H,21,25). The largest absolute Gasteiger partial charge is 0.367 e. The third-order valence-corrected chi connectivity index (χ3v) is 4.88. The van der Waals surface area contributed by atoms with Crippen LogP contribution in [0.25, 0.3) is 0 Å². The van der Waals surface area contributed by atoms with Crippen LogP contribution in [0.2, 0.25) is 0 Å². The van der Waals surface area contributed by atoms with Crippen LogP contribution in [-0.2, 0) is 11.2 Å². The van der Waals surface area contributed by atoms with Gasteiger partial charge in [0.1, 0.15) is 0 Å². The predicted octanol–water partition coefficient (Wildman–Crippen LogP) is 2.92. The lowest BCUT2D eigenvalue weighted by molar-refractivity contribution is -0.385. The first-order valence-corrected chi connectivity index (χ1v) is 9.17. The molecule has 2 aromatic rings. The van der Waals surface area contributed by atoms with Crippen LogP contribution in [0.4, 0.5) is 17.1 Å². The molecule has 0 radical (unpaired) electrons. The van der Waals surface area contributed by atoms with Crippen LogP contribution < -0.4 is 10.2 Å². The maximum Gasteiger partial charge on any atom is 0.273 e. The minimum Gasteiger partial charge on any atom is -0.367 e. The second kappa shape index (κ2) is 8.64. The van der Waals surface area contributed by atoms with Gasteiger partial charge in [0.2, 0.25) is 5.91 Å². The van der Waals surface area contributed by atoms with Crippen LogP contribution in [0.3, 0.4) is 0 Å². The summed E-state index contributed by atoms with van der Waals surface area (Å²) in [6, 6.07) is 14.1. The van der Waals surface area contributed by atoms with E-state index < -0.39 is 4.92 Å². The highest BCUT2D eigenvalue weighted by atomic mass is 16.6. The van der Waals surface area contributed by atoms with Gasteiger partial charge < -0.3 is 15.1 Å². The van der Waals surface area contributed by atoms with Gasteiger partial charge in [-0.05, 0) is 18.7 Å². The zero-order chi connectivity index (χ0) is 19.2. The number of nitro groups is 1. The molecule has 1 heterocycles. The summed E-state index contributed by atoms with van der Waals surface area (Å²) in [6.07, 6.45) is -0.0326. The quantitative estimate of drug-likeness (QED) is 0.626. The van der Waals surface area contributed by atoms with Crippen LogP contribution in [0.15, 0.2) is 48.5 Å². The molecular weight excluding hydrogens is 344 g/mol. The van der Waals surface area contributed by atoms with Crippen molar-refractivity contribution in [1.82, 2.24) is 4.90 Å². The third-order valence-electron chi connectivity index (χ3n) is 4.88. The van der Waals surface area contributed by atoms with E-state index in [0.717, 1.165) is 44.1 Å². The van der Waals surface area contributed by atoms with Crippen molar-refractivity contribution < 1.29 is 9.72 Å². The number of para-hydroxylation sites is 3. The summed E-state index contributed by atoms with van der Waals surface area (Å²) >= 11 is 0. The fourth-order valence-corrected chi connectivity index (χ4v) is 3.37. The van der Waals surface area contributed by atoms with E-state index in [-0.39, 0.29) is 18.0 Å². The number of anilines is 2. The van der Waals surface area contributed by atoms with E-state index in [9.17, 15) is 14.9 Å². The molecule has 0 atom stereocenters. The van der Waals surface area contributed by atoms with Crippen molar-refractivity contribution in [2.24, 2.45) is 0 Å². The molecule has 1 aliphatic heterocycles. The van der Waals surface area contributed by atoms with E-state index in [1.807, 2.05) is 24.3 Å². The number of rotatable bonds is 6. The van der Waals surface area contributed by atoms with Crippen molar-refractivity contribution in [2.75, 3.05) is 42.9 Å². The number of nitrogens with zero attached hydrogens (tertiary/aromatic N) is 3. The first-order valence-electron chi connectivity index (χ1n) is 9.17. The van der Waals surface area contributed by atoms with E-state index >= 15 is 0 Å². The molecule has 0 aromatic heterocycles. The number of carbonyl (C=O) groups excluding carboxylic acids is 1. The zero-order valence-corrected chi connectivity index (χ0v) is 15.4. The molecule has 142 valence electrons. The SMILES string of the molecule is CCN1CCN(c2ccccc2NC(=O)Cc2ccccc2[N+](=O)[O-])CC1. The molecule has 7 heteroatoms. The van der Waals surface area contributed by atoms with Crippen molar-refractivity contribution in [3.05, 3.63) is 64.2 Å². The van der Waals surface area contributed by atoms with Crippen molar-refractivity contribution in [1.29, 1.82) is 0 Å². The molecule has 1 N–H and O–H groups in total. The molecule has 0 saturated carbocycles. The molecule has 1 saturated heterocycles. The molecular formula is C20H24N4O3. The van der Waals surface area contributed by atoms with E-state index in [0.29, 0.717) is 5.56 Å². The molecule has 0 unspecified atom stereocenters. The van der Waals surface area contributed by atoms with Gasteiger partial charge in [0, 0.05) is 37.8 Å². The van der Waals surface area contributed by atoms with Gasteiger partial charge in [-0.1, -0.05) is 37.3 Å². The Morgan fingerprint density at radius 3 is 2.44 bits per heavy atom. The summed E-state index contributed by atoms with van der Waals surface area (Å²) in [6.45, 7) is 7.01. The minimum atomic E-state index is -0.455. The molecule has 0 bridgehead atoms. The van der Waals surface area contributed by atoms with Crippen LogP contribution in [0.5, 0.6) is 0 Å². The van der Waals surface area contributed by atoms with Gasteiger partial charge in [-0.25, -0.2) is 0 Å². The molecule has 1 fully saturated rings. The minimum absolute atomic E-state index is 0.0309. The Bertz CT molecular complexity index is 816. The molecule has 1 aliphatic rings. The molecule has 0 aliphatic carbocycles. The summed E-state index contributed by atoms with van der Waals surface area (Å²) < 4.78 is 0. The van der Waals surface area contributed by atoms with Crippen LogP contribution in [0, 0.1) is 10.1 Å². The van der Waals surface area contributed by atoms with Gasteiger partial charge in [0.05, 0.1) is 22.7 Å². The van der Waals surface area contributed by atoms with E-state index in [1.54, 1.807) is 18.2 Å². The Balaban J connectivity index is 1.71. The van der Waals surface area contributed by atoms with E-state index in [4.69, 9.17) is 0 Å². The average molecular weight is 368 g/mol. The summed E-state index contributed by atoms with van der Waals surface area (Å²) in [4.78, 5) is 27.9. The normalized spacial score (nSPS) is 14.8. The first-order chi connectivity index (χ1) is 13.1. The fraction of sp³-hybridized carbons (Fsp3) is 0.350. The molecule has 0 spiro atoms. The second-order valence-electron chi connectivity index (χ2n) is 6.55. The molecule has 7 nitrogen and oxygen atoms in total. The molecule has 3 rings (SSSR count). The Morgan fingerprint density at radius 2 is 1.74 bits per heavy atom. The maximum absolute atomic E-state index is 12.5. The van der Waals surface area contributed by atoms with Gasteiger partial charge in [-0.15, -0.1) is 0 Å². The number of nitrogens with one attached hydrogen (secondary N) is 1. The Kier molecular flexibility index (Phi) is 6.03. The smallest absolute Gasteiger partial charge is 0.273 e. The second-order valence-corrected chi connectivity index (χ2v) is 6.55. The van der Waals surface area contributed by atoms with Gasteiger partial charge >= 0.3 is 0 Å². The number of amides is 1. The van der Waals surface area contributed by atoms with Crippen molar-refractivity contribution in [3.8, 4) is 0 Å². The summed E-state index contributed by atoms with van der Waals surface area (Å²) in [7, 11) is 0. The Labute approximate surface area is 158 Å². The molecule has 1 amide bonds. The summed E-state index contributed by atoms with van der Waals surface area (Å²) in [5, 5.41) is 14.1. The fourth-order valence-electron chi connectivity index (χ4n) is 3.37. The number of likely N-dealkylation sites (N-methyl/N-ethyl adjacent to an activating group) is 1. The lowest BCUT2D eigenvalue weighted by atomic mass is 10.1. The number of nitro benzene ring substituents is 1. The van der Waals surface area contributed by atoms with Gasteiger partial charge in [0.15, 0.2) is 0 Å². The Morgan fingerprint density at radius 1 is 1.07 bits per heavy atom. The summed E-state index contributed by atoms with van der Waals surface area (Å²) in [5.41, 5.74) is 2.11. The predicted molar refractivity (Wildman–Crippen MR) is 106 cm³/mol. The summed E-state index contributed by atoms with van der Waals surface area (Å²) in [5.74, 6) is -0.260. The third kappa shape index (κ3) is 4.62. The highest BCUT2D eigenvalue weighted by molar-refractivity contribution is 5.96. The number of benzene rings is 2. The van der Waals surface area contributed by atoms with Crippen LogP contribution in [0.1, 0.15) is 12.5 Å². The highest BCUT2D eigenvalue weighted by Crippen LogP contribution is 2.27. The van der Waals surface area contributed by atoms with E-state index in [2.05, 4.69) is 22.0 Å². The monoisotopic (exact) mass is 368 g/mol. The van der Waals surface area contributed by atoms with E-state index in [1.165, 1.54) is 6.07 Å². The number of carbonyl (C=O) groups is 1. The zero-order valence-electron chi connectivity index (χ0n) is 15.4. The van der Waals surface area contributed by atoms with Crippen molar-refractivity contribution in [3.63, 3.8) is 0 Å².